The third-order valence-electron chi connectivity index (χ3n) is 3.79. The number of amides is 1. The zero-order valence-electron chi connectivity index (χ0n) is 13.0. The number of carbonyl (C=O) groups is 1. The summed E-state index contributed by atoms with van der Waals surface area (Å²) in [5, 5.41) is 9.38. The lowest BCUT2D eigenvalue weighted by molar-refractivity contribution is 0.0986. The van der Waals surface area contributed by atoms with Crippen LogP contribution in [0.5, 0.6) is 5.75 Å². The number of aryl methyl sites for hydroxylation is 2. The van der Waals surface area contributed by atoms with E-state index < -0.39 is 0 Å². The van der Waals surface area contributed by atoms with Gasteiger partial charge in [-0.3, -0.25) is 9.20 Å². The smallest absolute Gasteiger partial charge is 0.276 e. The number of phenolic OH excluding ortho intramolecular Hbond substituents is 1. The molecule has 6 heteroatoms. The predicted molar refractivity (Wildman–Crippen MR) is 93.2 cm³/mol. The van der Waals surface area contributed by atoms with Crippen molar-refractivity contribution in [3.63, 3.8) is 0 Å². The van der Waals surface area contributed by atoms with Crippen LogP contribution in [0.1, 0.15) is 21.7 Å². The molecule has 0 aliphatic rings. The van der Waals surface area contributed by atoms with Gasteiger partial charge in [0.1, 0.15) is 17.1 Å². The van der Waals surface area contributed by atoms with Gasteiger partial charge in [0.2, 0.25) is 0 Å². The first-order valence-corrected chi connectivity index (χ1v) is 7.89. The minimum absolute atomic E-state index is 0.154. The normalized spacial score (nSPS) is 11.0. The Balaban J connectivity index is 2.10. The lowest BCUT2D eigenvalue weighted by atomic mass is 10.2. The summed E-state index contributed by atoms with van der Waals surface area (Å²) in [7, 11) is 1.71. The zero-order valence-corrected chi connectivity index (χ0v) is 14.6. The number of phenols is 1. The summed E-state index contributed by atoms with van der Waals surface area (Å²) in [6.07, 6.45) is 1.85. The van der Waals surface area contributed by atoms with Gasteiger partial charge >= 0.3 is 0 Å². The van der Waals surface area contributed by atoms with Crippen LogP contribution in [0.3, 0.4) is 0 Å². The molecule has 0 radical (unpaired) electrons. The Kier molecular flexibility index (Phi) is 3.85. The number of anilines is 1. The van der Waals surface area contributed by atoms with E-state index in [9.17, 15) is 9.90 Å². The van der Waals surface area contributed by atoms with Crippen molar-refractivity contribution in [2.45, 2.75) is 13.8 Å². The van der Waals surface area contributed by atoms with Gasteiger partial charge in [0, 0.05) is 23.4 Å². The first-order chi connectivity index (χ1) is 10.9. The number of benzene rings is 1. The van der Waals surface area contributed by atoms with Crippen LogP contribution in [-0.4, -0.2) is 27.4 Å². The van der Waals surface area contributed by atoms with Gasteiger partial charge in [0.15, 0.2) is 0 Å². The maximum absolute atomic E-state index is 12.9. The third-order valence-corrected chi connectivity index (χ3v) is 4.22. The number of pyridine rings is 1. The molecule has 2 aromatic heterocycles. The first-order valence-electron chi connectivity index (χ1n) is 7.10. The molecule has 0 aliphatic heterocycles. The quantitative estimate of drug-likeness (QED) is 0.744. The van der Waals surface area contributed by atoms with E-state index in [-0.39, 0.29) is 11.7 Å². The SMILES string of the molecule is Cc1nc2c(C)cc(Br)cn2c1C(=O)N(C)c1ccc(O)cc1. The summed E-state index contributed by atoms with van der Waals surface area (Å²) in [6.45, 7) is 3.79. The molecule has 1 aromatic carbocycles. The lowest BCUT2D eigenvalue weighted by Gasteiger charge is -2.17. The summed E-state index contributed by atoms with van der Waals surface area (Å²) < 4.78 is 2.70. The molecule has 0 spiro atoms. The minimum atomic E-state index is -0.154. The Labute approximate surface area is 142 Å². The van der Waals surface area contributed by atoms with Crippen molar-refractivity contribution < 1.29 is 9.90 Å². The molecular formula is C17H16BrN3O2. The highest BCUT2D eigenvalue weighted by atomic mass is 79.9. The van der Waals surface area contributed by atoms with Crippen LogP contribution < -0.4 is 4.90 Å². The van der Waals surface area contributed by atoms with E-state index in [4.69, 9.17) is 0 Å². The number of rotatable bonds is 2. The zero-order chi connectivity index (χ0) is 16.7. The number of aromatic hydroxyl groups is 1. The average molecular weight is 374 g/mol. The number of fused-ring (bicyclic) bond motifs is 1. The van der Waals surface area contributed by atoms with Crippen molar-refractivity contribution in [1.29, 1.82) is 0 Å². The van der Waals surface area contributed by atoms with Crippen LogP contribution in [-0.2, 0) is 0 Å². The maximum atomic E-state index is 12.9. The Morgan fingerprint density at radius 1 is 1.26 bits per heavy atom. The van der Waals surface area contributed by atoms with Gasteiger partial charge in [-0.1, -0.05) is 0 Å². The summed E-state index contributed by atoms with van der Waals surface area (Å²) in [5.74, 6) is 0.0123. The van der Waals surface area contributed by atoms with Gasteiger partial charge in [0.05, 0.1) is 5.69 Å². The molecule has 1 N–H and O–H groups in total. The number of hydrogen-bond donors (Lipinski definition) is 1. The van der Waals surface area contributed by atoms with Gasteiger partial charge in [0.25, 0.3) is 5.91 Å². The van der Waals surface area contributed by atoms with Crippen molar-refractivity contribution in [3.05, 3.63) is 58.0 Å². The second-order valence-electron chi connectivity index (χ2n) is 5.46. The second-order valence-corrected chi connectivity index (χ2v) is 6.38. The van der Waals surface area contributed by atoms with Crippen LogP contribution in [0.15, 0.2) is 41.0 Å². The summed E-state index contributed by atoms with van der Waals surface area (Å²) >= 11 is 3.46. The molecule has 1 amide bonds. The molecule has 0 atom stereocenters. The molecule has 0 aliphatic carbocycles. The number of aromatic nitrogens is 2. The number of imidazole rings is 1. The van der Waals surface area contributed by atoms with Gasteiger partial charge in [-0.25, -0.2) is 4.98 Å². The second kappa shape index (κ2) is 5.70. The molecule has 0 saturated heterocycles. The topological polar surface area (TPSA) is 57.8 Å². The molecule has 0 unspecified atom stereocenters. The minimum Gasteiger partial charge on any atom is -0.508 e. The van der Waals surface area contributed by atoms with E-state index in [0.717, 1.165) is 15.7 Å². The fourth-order valence-corrected chi connectivity index (χ4v) is 3.14. The van der Waals surface area contributed by atoms with Gasteiger partial charge in [-0.05, 0) is 65.7 Å². The van der Waals surface area contributed by atoms with Crippen LogP contribution >= 0.6 is 15.9 Å². The van der Waals surface area contributed by atoms with E-state index in [1.165, 1.54) is 0 Å². The molecule has 0 fully saturated rings. The van der Waals surface area contributed by atoms with Crippen LogP contribution in [0.2, 0.25) is 0 Å². The Bertz CT molecular complexity index is 900. The average Bonchev–Trinajstić information content (AvgIpc) is 2.83. The molecule has 23 heavy (non-hydrogen) atoms. The Morgan fingerprint density at radius 3 is 2.57 bits per heavy atom. The standard InChI is InChI=1S/C17H16BrN3O2/c1-10-8-12(18)9-21-15(11(2)19-16(10)21)17(23)20(3)13-4-6-14(22)7-5-13/h4-9,22H,1-3H3. The van der Waals surface area contributed by atoms with Gasteiger partial charge in [-0.15, -0.1) is 0 Å². The van der Waals surface area contributed by atoms with Crippen molar-refractivity contribution in [2.75, 3.05) is 11.9 Å². The van der Waals surface area contributed by atoms with E-state index in [0.29, 0.717) is 17.1 Å². The molecular weight excluding hydrogens is 358 g/mol. The Morgan fingerprint density at radius 2 is 1.91 bits per heavy atom. The molecule has 2 heterocycles. The highest BCUT2D eigenvalue weighted by Crippen LogP contribution is 2.24. The summed E-state index contributed by atoms with van der Waals surface area (Å²) in [5.41, 5.74) is 3.68. The highest BCUT2D eigenvalue weighted by molar-refractivity contribution is 9.10. The number of hydrogen-bond acceptors (Lipinski definition) is 3. The number of halogens is 1. The van der Waals surface area contributed by atoms with Gasteiger partial charge in [-0.2, -0.15) is 0 Å². The van der Waals surface area contributed by atoms with Crippen molar-refractivity contribution in [1.82, 2.24) is 9.38 Å². The largest absolute Gasteiger partial charge is 0.508 e. The molecule has 3 aromatic rings. The maximum Gasteiger partial charge on any atom is 0.276 e. The number of carbonyl (C=O) groups excluding carboxylic acids is 1. The van der Waals surface area contributed by atoms with E-state index in [1.54, 1.807) is 36.2 Å². The fourth-order valence-electron chi connectivity index (χ4n) is 2.59. The molecule has 0 saturated carbocycles. The highest BCUT2D eigenvalue weighted by Gasteiger charge is 2.22. The van der Waals surface area contributed by atoms with Crippen molar-refractivity contribution >= 4 is 33.2 Å². The molecule has 0 bridgehead atoms. The van der Waals surface area contributed by atoms with E-state index in [1.807, 2.05) is 30.5 Å². The first kappa shape index (κ1) is 15.6. The van der Waals surface area contributed by atoms with Gasteiger partial charge < -0.3 is 10.0 Å². The van der Waals surface area contributed by atoms with Crippen LogP contribution in [0.25, 0.3) is 5.65 Å². The number of nitrogens with zero attached hydrogens (tertiary/aromatic N) is 3. The lowest BCUT2D eigenvalue weighted by Crippen LogP contribution is -2.28. The molecule has 5 nitrogen and oxygen atoms in total. The monoisotopic (exact) mass is 373 g/mol. The molecule has 118 valence electrons. The van der Waals surface area contributed by atoms with E-state index in [2.05, 4.69) is 20.9 Å². The van der Waals surface area contributed by atoms with Crippen molar-refractivity contribution in [2.24, 2.45) is 0 Å². The summed E-state index contributed by atoms with van der Waals surface area (Å²) in [6, 6.07) is 8.49. The predicted octanol–water partition coefficient (Wildman–Crippen LogP) is 3.70. The Hall–Kier alpha value is -2.34. The van der Waals surface area contributed by atoms with Crippen LogP contribution in [0.4, 0.5) is 5.69 Å². The summed E-state index contributed by atoms with van der Waals surface area (Å²) in [4.78, 5) is 19.0. The van der Waals surface area contributed by atoms with E-state index >= 15 is 0 Å². The fraction of sp³-hybridized carbons (Fsp3) is 0.176. The molecule has 3 rings (SSSR count). The third kappa shape index (κ3) is 2.70. The van der Waals surface area contributed by atoms with Crippen LogP contribution in [0, 0.1) is 13.8 Å². The van der Waals surface area contributed by atoms with Crippen molar-refractivity contribution in [3.8, 4) is 5.75 Å².